The fraction of sp³-hybridized carbons (Fsp3) is 0.667. The van der Waals surface area contributed by atoms with E-state index in [0.717, 1.165) is 19.3 Å². The number of aliphatic carboxylic acids is 2. The van der Waals surface area contributed by atoms with Crippen LogP contribution in [0.1, 0.15) is 90.2 Å². The van der Waals surface area contributed by atoms with Crippen molar-refractivity contribution < 1.29 is 35.1 Å². The highest BCUT2D eigenvalue weighted by molar-refractivity contribution is 5.73. The molecule has 1 aromatic rings. The summed E-state index contributed by atoms with van der Waals surface area (Å²) in [6.45, 7) is 6.77. The zero-order valence-corrected chi connectivity index (χ0v) is 19.2. The number of carboxylic acids is 2. The number of hydrogen-bond donors (Lipinski definition) is 5. The Labute approximate surface area is 184 Å². The van der Waals surface area contributed by atoms with Gasteiger partial charge in [-0.1, -0.05) is 25.7 Å². The van der Waals surface area contributed by atoms with Crippen LogP contribution < -0.4 is 0 Å². The number of carbonyl (C=O) groups is 2. The van der Waals surface area contributed by atoms with Crippen LogP contribution in [0.25, 0.3) is 0 Å². The maximum atomic E-state index is 11.2. The molecule has 0 unspecified atom stereocenters. The van der Waals surface area contributed by atoms with Gasteiger partial charge in [-0.25, -0.2) is 0 Å². The number of unbranched alkanes of at least 4 members (excludes halogenated alkanes) is 4. The van der Waals surface area contributed by atoms with Gasteiger partial charge in [0.15, 0.2) is 11.5 Å². The predicted molar refractivity (Wildman–Crippen MR) is 119 cm³/mol. The lowest BCUT2D eigenvalue weighted by Crippen LogP contribution is -2.23. The number of carboxylic acid groups (broad SMARTS) is 2. The largest absolute Gasteiger partial charge is 0.508 e. The number of rotatable bonds is 14. The van der Waals surface area contributed by atoms with Gasteiger partial charge in [-0.15, -0.1) is 0 Å². The van der Waals surface area contributed by atoms with Crippen molar-refractivity contribution in [2.24, 2.45) is 10.8 Å². The minimum Gasteiger partial charge on any atom is -0.508 e. The summed E-state index contributed by atoms with van der Waals surface area (Å²) in [5.74, 6) is -2.23. The van der Waals surface area contributed by atoms with E-state index in [1.165, 1.54) is 6.07 Å². The normalized spacial score (nSPS) is 12.1. The van der Waals surface area contributed by atoms with Gasteiger partial charge in [0.2, 0.25) is 0 Å². The van der Waals surface area contributed by atoms with Crippen LogP contribution in [0, 0.1) is 10.8 Å². The molecule has 0 spiro atoms. The molecule has 0 aliphatic carbocycles. The summed E-state index contributed by atoms with van der Waals surface area (Å²) in [7, 11) is 0. The number of phenolic OH excluding ortho intramolecular Hbond substituents is 3. The Morgan fingerprint density at radius 2 is 1.16 bits per heavy atom. The van der Waals surface area contributed by atoms with Crippen molar-refractivity contribution in [1.82, 2.24) is 0 Å². The van der Waals surface area contributed by atoms with Crippen LogP contribution in [0.2, 0.25) is 0 Å². The highest BCUT2D eigenvalue weighted by Crippen LogP contribution is 2.40. The molecule has 1 aromatic carbocycles. The maximum absolute atomic E-state index is 11.2. The lowest BCUT2D eigenvalue weighted by Gasteiger charge is -2.19. The van der Waals surface area contributed by atoms with Gasteiger partial charge in [0, 0.05) is 11.1 Å². The summed E-state index contributed by atoms with van der Waals surface area (Å²) in [4.78, 5) is 22.3. The summed E-state index contributed by atoms with van der Waals surface area (Å²) in [6, 6.07) is 1.47. The molecule has 0 saturated carbocycles. The highest BCUT2D eigenvalue weighted by atomic mass is 16.4. The Hall–Kier alpha value is -2.44. The molecular formula is C24H38O7. The molecule has 0 saturated heterocycles. The van der Waals surface area contributed by atoms with Gasteiger partial charge in [-0.3, -0.25) is 9.59 Å². The zero-order valence-electron chi connectivity index (χ0n) is 19.2. The van der Waals surface area contributed by atoms with Crippen LogP contribution >= 0.6 is 0 Å². The molecule has 7 heteroatoms. The van der Waals surface area contributed by atoms with Crippen LogP contribution in [0.15, 0.2) is 6.07 Å². The molecule has 0 amide bonds. The monoisotopic (exact) mass is 438 g/mol. The Balaban J connectivity index is 2.53. The highest BCUT2D eigenvalue weighted by Gasteiger charge is 2.27. The maximum Gasteiger partial charge on any atom is 0.309 e. The first-order valence-corrected chi connectivity index (χ1v) is 11.0. The summed E-state index contributed by atoms with van der Waals surface area (Å²) >= 11 is 0. The summed E-state index contributed by atoms with van der Waals surface area (Å²) in [6.07, 6.45) is 6.42. The third-order valence-corrected chi connectivity index (χ3v) is 6.07. The Bertz CT molecular complexity index is 766. The van der Waals surface area contributed by atoms with E-state index in [0.29, 0.717) is 56.1 Å². The van der Waals surface area contributed by atoms with Crippen molar-refractivity contribution in [3.8, 4) is 17.2 Å². The molecule has 0 heterocycles. The van der Waals surface area contributed by atoms with E-state index >= 15 is 0 Å². The van der Waals surface area contributed by atoms with Crippen LogP contribution in [0.4, 0.5) is 0 Å². The van der Waals surface area contributed by atoms with Crippen molar-refractivity contribution in [2.75, 3.05) is 0 Å². The molecule has 0 radical (unpaired) electrons. The second-order valence-corrected chi connectivity index (χ2v) is 9.73. The summed E-state index contributed by atoms with van der Waals surface area (Å²) in [5, 5.41) is 49.2. The van der Waals surface area contributed by atoms with E-state index in [2.05, 4.69) is 0 Å². The minimum absolute atomic E-state index is 0.0526. The second-order valence-electron chi connectivity index (χ2n) is 9.73. The molecular weight excluding hydrogens is 400 g/mol. The molecule has 1 rings (SSSR count). The fourth-order valence-electron chi connectivity index (χ4n) is 3.49. The first kappa shape index (κ1) is 26.6. The van der Waals surface area contributed by atoms with E-state index < -0.39 is 22.8 Å². The third-order valence-electron chi connectivity index (χ3n) is 6.07. The van der Waals surface area contributed by atoms with E-state index in [9.17, 15) is 24.9 Å². The van der Waals surface area contributed by atoms with E-state index in [1.807, 2.05) is 0 Å². The van der Waals surface area contributed by atoms with Crippen LogP contribution in [-0.2, 0) is 22.4 Å². The first-order chi connectivity index (χ1) is 14.3. The molecule has 0 aliphatic rings. The van der Waals surface area contributed by atoms with Gasteiger partial charge in [0.1, 0.15) is 5.75 Å². The molecule has 176 valence electrons. The average Bonchev–Trinajstić information content (AvgIpc) is 2.67. The molecule has 0 aromatic heterocycles. The van der Waals surface area contributed by atoms with Crippen LogP contribution in [0.5, 0.6) is 17.2 Å². The molecule has 7 nitrogen and oxygen atoms in total. The smallest absolute Gasteiger partial charge is 0.309 e. The number of aromatic hydroxyl groups is 3. The van der Waals surface area contributed by atoms with Crippen molar-refractivity contribution in [3.05, 3.63) is 17.2 Å². The van der Waals surface area contributed by atoms with Gasteiger partial charge in [-0.2, -0.15) is 0 Å². The quantitative estimate of drug-likeness (QED) is 0.152. The lowest BCUT2D eigenvalue weighted by molar-refractivity contribution is -0.148. The van der Waals surface area contributed by atoms with Crippen molar-refractivity contribution in [2.45, 2.75) is 91.9 Å². The van der Waals surface area contributed by atoms with E-state index in [1.54, 1.807) is 27.7 Å². The third kappa shape index (κ3) is 7.96. The molecule has 0 fully saturated rings. The zero-order chi connectivity index (χ0) is 23.8. The molecule has 0 atom stereocenters. The fourth-order valence-corrected chi connectivity index (χ4v) is 3.49. The summed E-state index contributed by atoms with van der Waals surface area (Å²) in [5.41, 5.74) is -0.775. The molecule has 5 N–H and O–H groups in total. The molecule has 31 heavy (non-hydrogen) atoms. The van der Waals surface area contributed by atoms with Gasteiger partial charge in [0.05, 0.1) is 10.8 Å². The average molecular weight is 439 g/mol. The predicted octanol–water partition coefficient (Wildman–Crippen LogP) is 5.23. The van der Waals surface area contributed by atoms with Crippen molar-refractivity contribution in [1.29, 1.82) is 0 Å². The SMILES string of the molecule is CC(C)(CCCCCCc1c(O)cc(CCCCC(C)(C)C(=O)O)c(O)c1O)C(=O)O. The van der Waals surface area contributed by atoms with Gasteiger partial charge >= 0.3 is 11.9 Å². The van der Waals surface area contributed by atoms with Crippen molar-refractivity contribution in [3.63, 3.8) is 0 Å². The minimum atomic E-state index is -0.847. The number of benzene rings is 1. The number of aryl methyl sites for hydroxylation is 1. The Morgan fingerprint density at radius 1 is 0.710 bits per heavy atom. The number of phenols is 3. The summed E-state index contributed by atoms with van der Waals surface area (Å²) < 4.78 is 0. The Kier molecular flexibility index (Phi) is 9.66. The standard InChI is InChI=1S/C24H38O7/c1-23(2,21(28)29)13-9-6-5-7-12-17-18(25)15-16(19(26)20(17)27)11-8-10-14-24(3,4)22(30)31/h15,25-27H,5-14H2,1-4H3,(H,28,29)(H,30,31). The van der Waals surface area contributed by atoms with Crippen molar-refractivity contribution >= 4 is 11.9 Å². The Morgan fingerprint density at radius 3 is 1.68 bits per heavy atom. The van der Waals surface area contributed by atoms with Gasteiger partial charge in [0.25, 0.3) is 0 Å². The van der Waals surface area contributed by atoms with Gasteiger partial charge < -0.3 is 25.5 Å². The second kappa shape index (κ2) is 11.3. The first-order valence-electron chi connectivity index (χ1n) is 11.0. The topological polar surface area (TPSA) is 135 Å². The number of hydrogen-bond acceptors (Lipinski definition) is 5. The van der Waals surface area contributed by atoms with Crippen LogP contribution in [0.3, 0.4) is 0 Å². The molecule has 0 bridgehead atoms. The van der Waals surface area contributed by atoms with E-state index in [4.69, 9.17) is 10.2 Å². The lowest BCUT2D eigenvalue weighted by atomic mass is 9.86. The van der Waals surface area contributed by atoms with E-state index in [-0.39, 0.29) is 17.2 Å². The molecule has 0 aliphatic heterocycles. The van der Waals surface area contributed by atoms with Gasteiger partial charge in [-0.05, 0) is 72.3 Å². The van der Waals surface area contributed by atoms with Crippen LogP contribution in [-0.4, -0.2) is 37.5 Å².